The van der Waals surface area contributed by atoms with Gasteiger partial charge >= 0.3 is 6.11 Å². The van der Waals surface area contributed by atoms with E-state index in [-0.39, 0.29) is 24.2 Å². The molecule has 0 spiro atoms. The second-order valence-electron chi connectivity index (χ2n) is 8.17. The maximum absolute atomic E-state index is 14.4. The molecular formula is C25H28F3NO. The monoisotopic (exact) mass is 415 g/mol. The van der Waals surface area contributed by atoms with Crippen LogP contribution in [-0.4, -0.2) is 6.61 Å². The highest BCUT2D eigenvalue weighted by molar-refractivity contribution is 5.33. The van der Waals surface area contributed by atoms with Crippen LogP contribution in [0.2, 0.25) is 0 Å². The van der Waals surface area contributed by atoms with Crippen molar-refractivity contribution in [1.29, 1.82) is 5.26 Å². The molecule has 0 aliphatic heterocycles. The quantitative estimate of drug-likeness (QED) is 0.461. The third-order valence-electron chi connectivity index (χ3n) is 6.09. The van der Waals surface area contributed by atoms with E-state index in [1.807, 2.05) is 0 Å². The molecule has 0 unspecified atom stereocenters. The lowest BCUT2D eigenvalue weighted by Gasteiger charge is -2.29. The van der Waals surface area contributed by atoms with Crippen LogP contribution in [0.3, 0.4) is 0 Å². The fraction of sp³-hybridized carbons (Fsp3) is 0.480. The lowest BCUT2D eigenvalue weighted by molar-refractivity contribution is -0.248. The van der Waals surface area contributed by atoms with Crippen molar-refractivity contribution in [2.24, 2.45) is 5.92 Å². The van der Waals surface area contributed by atoms with E-state index < -0.39 is 11.9 Å². The predicted octanol–water partition coefficient (Wildman–Crippen LogP) is 7.08. The topological polar surface area (TPSA) is 33.0 Å². The van der Waals surface area contributed by atoms with Crippen molar-refractivity contribution in [3.63, 3.8) is 0 Å². The molecule has 5 heteroatoms. The van der Waals surface area contributed by atoms with Gasteiger partial charge < -0.3 is 4.74 Å². The molecule has 1 fully saturated rings. The number of nitrogens with zero attached hydrogens (tertiary/aromatic N) is 1. The molecule has 1 saturated carbocycles. The summed E-state index contributed by atoms with van der Waals surface area (Å²) in [7, 11) is 0. The summed E-state index contributed by atoms with van der Waals surface area (Å²) in [6.07, 6.45) is 3.92. The zero-order valence-electron chi connectivity index (χ0n) is 17.3. The predicted molar refractivity (Wildman–Crippen MR) is 111 cm³/mol. The minimum absolute atomic E-state index is 0.0658. The van der Waals surface area contributed by atoms with Gasteiger partial charge in [-0.2, -0.15) is 14.0 Å². The third-order valence-corrected chi connectivity index (χ3v) is 6.09. The second-order valence-corrected chi connectivity index (χ2v) is 8.17. The SMILES string of the molecule is CCCC1CCC(c2ccc(C(F)(F)OCCc3ccc(C#N)c(F)c3)cc2)CC1. The van der Waals surface area contributed by atoms with Crippen molar-refractivity contribution in [1.82, 2.24) is 0 Å². The van der Waals surface area contributed by atoms with Crippen LogP contribution < -0.4 is 0 Å². The lowest BCUT2D eigenvalue weighted by Crippen LogP contribution is -2.20. The van der Waals surface area contributed by atoms with Crippen LogP contribution in [0.4, 0.5) is 13.2 Å². The fourth-order valence-corrected chi connectivity index (χ4v) is 4.33. The maximum atomic E-state index is 14.4. The van der Waals surface area contributed by atoms with E-state index in [1.165, 1.54) is 49.9 Å². The Kier molecular flexibility index (Phi) is 7.55. The minimum Gasteiger partial charge on any atom is -0.316 e. The van der Waals surface area contributed by atoms with Crippen molar-refractivity contribution in [3.8, 4) is 6.07 Å². The van der Waals surface area contributed by atoms with Gasteiger partial charge in [0.05, 0.1) is 17.7 Å². The summed E-state index contributed by atoms with van der Waals surface area (Å²) in [6, 6.07) is 12.3. The number of alkyl halides is 2. The molecule has 0 heterocycles. The molecule has 0 atom stereocenters. The number of benzene rings is 2. The van der Waals surface area contributed by atoms with Gasteiger partial charge in [0.1, 0.15) is 11.9 Å². The van der Waals surface area contributed by atoms with E-state index in [4.69, 9.17) is 10.00 Å². The first kappa shape index (κ1) is 22.4. The van der Waals surface area contributed by atoms with Crippen LogP contribution in [0.5, 0.6) is 0 Å². The van der Waals surface area contributed by atoms with Gasteiger partial charge in [-0.3, -0.25) is 0 Å². The molecule has 160 valence electrons. The van der Waals surface area contributed by atoms with Crippen LogP contribution in [0.1, 0.15) is 73.6 Å². The third kappa shape index (κ3) is 5.64. The number of hydrogen-bond donors (Lipinski definition) is 0. The number of halogens is 3. The zero-order valence-corrected chi connectivity index (χ0v) is 17.3. The Labute approximate surface area is 176 Å². The van der Waals surface area contributed by atoms with Gasteiger partial charge in [0.25, 0.3) is 0 Å². The van der Waals surface area contributed by atoms with E-state index in [0.717, 1.165) is 24.3 Å². The average Bonchev–Trinajstić information content (AvgIpc) is 2.75. The summed E-state index contributed by atoms with van der Waals surface area (Å²) in [5.41, 5.74) is 1.40. The van der Waals surface area contributed by atoms with Crippen molar-refractivity contribution < 1.29 is 17.9 Å². The summed E-state index contributed by atoms with van der Waals surface area (Å²) >= 11 is 0. The van der Waals surface area contributed by atoms with Gasteiger partial charge in [-0.05, 0) is 67.2 Å². The highest BCUT2D eigenvalue weighted by Crippen LogP contribution is 2.38. The second kappa shape index (κ2) is 10.1. The molecule has 0 saturated heterocycles. The van der Waals surface area contributed by atoms with Gasteiger partial charge in [0.2, 0.25) is 0 Å². The average molecular weight is 415 g/mol. The van der Waals surface area contributed by atoms with Crippen LogP contribution in [0, 0.1) is 23.1 Å². The summed E-state index contributed by atoms with van der Waals surface area (Å²) in [5, 5.41) is 8.74. The number of rotatable bonds is 8. The van der Waals surface area contributed by atoms with Crippen molar-refractivity contribution in [2.75, 3.05) is 6.61 Å². The molecule has 0 N–H and O–H groups in total. The van der Waals surface area contributed by atoms with Crippen molar-refractivity contribution >= 4 is 0 Å². The summed E-state index contributed by atoms with van der Waals surface area (Å²) in [5.74, 6) is 0.613. The molecule has 1 aliphatic rings. The molecule has 3 rings (SSSR count). The molecule has 0 aromatic heterocycles. The molecule has 2 nitrogen and oxygen atoms in total. The van der Waals surface area contributed by atoms with E-state index in [2.05, 4.69) is 6.92 Å². The number of ether oxygens (including phenoxy) is 1. The maximum Gasteiger partial charge on any atom is 0.383 e. The highest BCUT2D eigenvalue weighted by atomic mass is 19.3. The molecule has 0 amide bonds. The zero-order chi connectivity index (χ0) is 21.6. The normalized spacial score (nSPS) is 19.4. The summed E-state index contributed by atoms with van der Waals surface area (Å²) in [6.45, 7) is 1.97. The van der Waals surface area contributed by atoms with E-state index in [9.17, 15) is 13.2 Å². The molecule has 2 aromatic carbocycles. The Hall–Kier alpha value is -2.32. The number of nitriles is 1. The van der Waals surface area contributed by atoms with Gasteiger partial charge in [0, 0.05) is 0 Å². The smallest absolute Gasteiger partial charge is 0.316 e. The Morgan fingerprint density at radius 1 is 1.07 bits per heavy atom. The molecule has 2 aromatic rings. The molecule has 1 aliphatic carbocycles. The van der Waals surface area contributed by atoms with Gasteiger partial charge in [-0.1, -0.05) is 50.1 Å². The Bertz CT molecular complexity index is 865. The fourth-order valence-electron chi connectivity index (χ4n) is 4.33. The highest BCUT2D eigenvalue weighted by Gasteiger charge is 2.33. The van der Waals surface area contributed by atoms with Gasteiger partial charge in [-0.15, -0.1) is 0 Å². The first-order valence-electron chi connectivity index (χ1n) is 10.7. The first-order chi connectivity index (χ1) is 14.4. The summed E-state index contributed by atoms with van der Waals surface area (Å²) in [4.78, 5) is 0. The Morgan fingerprint density at radius 3 is 2.37 bits per heavy atom. The number of hydrogen-bond acceptors (Lipinski definition) is 2. The Balaban J connectivity index is 1.53. The molecule has 0 bridgehead atoms. The largest absolute Gasteiger partial charge is 0.383 e. The van der Waals surface area contributed by atoms with E-state index >= 15 is 0 Å². The molecule has 0 radical (unpaired) electrons. The van der Waals surface area contributed by atoms with Crippen LogP contribution in [-0.2, 0) is 17.3 Å². The standard InChI is InChI=1S/C25H28F3NO/c1-2-3-18-4-7-20(8-5-18)21-10-12-23(13-11-21)25(27,28)30-15-14-19-6-9-22(17-29)24(26)16-19/h6,9-13,16,18,20H,2-5,7-8,14-15H2,1H3. The van der Waals surface area contributed by atoms with Crippen LogP contribution in [0.15, 0.2) is 42.5 Å². The van der Waals surface area contributed by atoms with Crippen LogP contribution in [0.25, 0.3) is 0 Å². The van der Waals surface area contributed by atoms with Crippen molar-refractivity contribution in [2.45, 2.75) is 63.9 Å². The molecule has 30 heavy (non-hydrogen) atoms. The Morgan fingerprint density at radius 2 is 1.77 bits per heavy atom. The van der Waals surface area contributed by atoms with E-state index in [1.54, 1.807) is 24.3 Å². The lowest BCUT2D eigenvalue weighted by atomic mass is 9.77. The van der Waals surface area contributed by atoms with E-state index in [0.29, 0.717) is 11.5 Å². The van der Waals surface area contributed by atoms with Gasteiger partial charge in [0.15, 0.2) is 0 Å². The first-order valence-corrected chi connectivity index (χ1v) is 10.7. The summed E-state index contributed by atoms with van der Waals surface area (Å²) < 4.78 is 47.3. The molecular weight excluding hydrogens is 387 g/mol. The van der Waals surface area contributed by atoms with Crippen LogP contribution >= 0.6 is 0 Å². The minimum atomic E-state index is -3.40. The van der Waals surface area contributed by atoms with Gasteiger partial charge in [-0.25, -0.2) is 4.39 Å². The van der Waals surface area contributed by atoms with Crippen molar-refractivity contribution in [3.05, 3.63) is 70.5 Å².